The summed E-state index contributed by atoms with van der Waals surface area (Å²) in [6.07, 6.45) is 1.71. The molecule has 0 saturated carbocycles. The number of benzene rings is 2. The molecule has 9 heteroatoms. The van der Waals surface area contributed by atoms with E-state index in [-0.39, 0.29) is 18.0 Å². The van der Waals surface area contributed by atoms with E-state index in [1.165, 1.54) is 0 Å². The van der Waals surface area contributed by atoms with Gasteiger partial charge in [0.25, 0.3) is 11.5 Å². The number of aromatic nitrogens is 4. The van der Waals surface area contributed by atoms with Crippen molar-refractivity contribution in [2.24, 2.45) is 12.8 Å². The molecule has 4 aromatic rings. The predicted octanol–water partition coefficient (Wildman–Crippen LogP) is 2.17. The van der Waals surface area contributed by atoms with E-state index >= 15 is 0 Å². The van der Waals surface area contributed by atoms with Gasteiger partial charge in [-0.15, -0.1) is 0 Å². The quantitative estimate of drug-likeness (QED) is 0.442. The fourth-order valence-electron chi connectivity index (χ4n) is 4.35. The first-order valence-corrected chi connectivity index (χ1v) is 10.6. The first kappa shape index (κ1) is 21.0. The SMILES string of the molecule is Cn1ncc(-c2ccc3c(=O)[nH]nc(CN)c3c2)c1N1Cc2ccc(C(C)(C)O)cc2C1=O. The Hall–Kier alpha value is -3.82. The average molecular weight is 444 g/mol. The molecular weight excluding hydrogens is 420 g/mol. The topological polar surface area (TPSA) is 130 Å². The van der Waals surface area contributed by atoms with Gasteiger partial charge in [-0.1, -0.05) is 18.2 Å². The van der Waals surface area contributed by atoms with Crippen LogP contribution in [0.2, 0.25) is 0 Å². The first-order valence-electron chi connectivity index (χ1n) is 10.6. The van der Waals surface area contributed by atoms with Crippen LogP contribution in [-0.2, 0) is 25.7 Å². The number of nitrogens with zero attached hydrogens (tertiary/aromatic N) is 4. The number of aryl methyl sites for hydroxylation is 1. The van der Waals surface area contributed by atoms with E-state index in [9.17, 15) is 14.7 Å². The predicted molar refractivity (Wildman–Crippen MR) is 125 cm³/mol. The van der Waals surface area contributed by atoms with Crippen molar-refractivity contribution in [3.05, 3.63) is 75.3 Å². The van der Waals surface area contributed by atoms with Crippen LogP contribution in [0.5, 0.6) is 0 Å². The minimum atomic E-state index is -1.04. The number of hydrogen-bond donors (Lipinski definition) is 3. The second-order valence-electron chi connectivity index (χ2n) is 8.79. The van der Waals surface area contributed by atoms with Gasteiger partial charge in [-0.3, -0.25) is 19.2 Å². The molecule has 2 aromatic carbocycles. The summed E-state index contributed by atoms with van der Waals surface area (Å²) in [4.78, 5) is 27.3. The van der Waals surface area contributed by atoms with Gasteiger partial charge in [0.1, 0.15) is 5.82 Å². The van der Waals surface area contributed by atoms with Crippen molar-refractivity contribution < 1.29 is 9.90 Å². The minimum absolute atomic E-state index is 0.150. The van der Waals surface area contributed by atoms with Crippen molar-refractivity contribution >= 4 is 22.5 Å². The number of fused-ring (bicyclic) bond motifs is 2. The van der Waals surface area contributed by atoms with Gasteiger partial charge < -0.3 is 10.8 Å². The summed E-state index contributed by atoms with van der Waals surface area (Å²) in [7, 11) is 1.79. The normalized spacial score (nSPS) is 13.7. The number of hydrogen-bond acceptors (Lipinski definition) is 6. The Morgan fingerprint density at radius 1 is 1.12 bits per heavy atom. The van der Waals surface area contributed by atoms with Crippen LogP contribution in [0.4, 0.5) is 5.82 Å². The average Bonchev–Trinajstić information content (AvgIpc) is 3.32. The lowest BCUT2D eigenvalue weighted by molar-refractivity contribution is 0.0785. The largest absolute Gasteiger partial charge is 0.386 e. The molecule has 3 heterocycles. The Kier molecular flexibility index (Phi) is 4.70. The number of nitrogens with one attached hydrogen (secondary N) is 1. The Labute approximate surface area is 189 Å². The maximum absolute atomic E-state index is 13.4. The third-order valence-electron chi connectivity index (χ3n) is 6.16. The molecule has 33 heavy (non-hydrogen) atoms. The molecule has 9 nitrogen and oxygen atoms in total. The number of H-pyrrole nitrogens is 1. The van der Waals surface area contributed by atoms with Gasteiger partial charge in [-0.25, -0.2) is 5.10 Å². The van der Waals surface area contributed by atoms with Crippen LogP contribution < -0.4 is 16.2 Å². The fourth-order valence-corrected chi connectivity index (χ4v) is 4.35. The summed E-state index contributed by atoms with van der Waals surface area (Å²) >= 11 is 0. The van der Waals surface area contributed by atoms with Gasteiger partial charge in [0.2, 0.25) is 0 Å². The number of aliphatic hydroxyl groups is 1. The minimum Gasteiger partial charge on any atom is -0.386 e. The maximum Gasteiger partial charge on any atom is 0.272 e. The second-order valence-corrected chi connectivity index (χ2v) is 8.79. The zero-order valence-electron chi connectivity index (χ0n) is 18.6. The van der Waals surface area contributed by atoms with Crippen LogP contribution in [0.1, 0.15) is 41.0 Å². The number of amides is 1. The summed E-state index contributed by atoms with van der Waals surface area (Å²) in [6.45, 7) is 3.97. The van der Waals surface area contributed by atoms with Gasteiger partial charge in [0.05, 0.1) is 29.4 Å². The fraction of sp³-hybridized carbons (Fsp3) is 0.250. The molecule has 1 amide bonds. The van der Waals surface area contributed by atoms with E-state index in [4.69, 9.17) is 5.73 Å². The number of nitrogens with two attached hydrogens (primary N) is 1. The second kappa shape index (κ2) is 7.36. The highest BCUT2D eigenvalue weighted by molar-refractivity contribution is 6.11. The summed E-state index contributed by atoms with van der Waals surface area (Å²) < 4.78 is 1.67. The lowest BCUT2D eigenvalue weighted by Crippen LogP contribution is -2.26. The van der Waals surface area contributed by atoms with Crippen LogP contribution in [0.15, 0.2) is 47.4 Å². The lowest BCUT2D eigenvalue weighted by Gasteiger charge is -2.19. The van der Waals surface area contributed by atoms with E-state index in [1.807, 2.05) is 24.3 Å². The number of aromatic amines is 1. The van der Waals surface area contributed by atoms with Crippen molar-refractivity contribution in [1.82, 2.24) is 20.0 Å². The standard InChI is InChI=1S/C24H24N6O3/c1-24(2,33)15-6-4-14-12-30(23(32)17(14)9-15)22-19(11-26-29(22)3)13-5-7-16-18(8-13)20(10-25)27-28-21(16)31/h4-9,11,33H,10,12,25H2,1-3H3,(H,28,31). The highest BCUT2D eigenvalue weighted by atomic mass is 16.3. The van der Waals surface area contributed by atoms with Gasteiger partial charge in [-0.2, -0.15) is 10.2 Å². The van der Waals surface area contributed by atoms with E-state index in [0.717, 1.165) is 16.7 Å². The van der Waals surface area contributed by atoms with Crippen molar-refractivity contribution in [3.63, 3.8) is 0 Å². The number of anilines is 1. The summed E-state index contributed by atoms with van der Waals surface area (Å²) in [6, 6.07) is 10.9. The Morgan fingerprint density at radius 3 is 2.64 bits per heavy atom. The maximum atomic E-state index is 13.4. The Bertz CT molecular complexity index is 1480. The molecule has 0 aliphatic carbocycles. The van der Waals surface area contributed by atoms with E-state index < -0.39 is 5.60 Å². The highest BCUT2D eigenvalue weighted by Gasteiger charge is 2.33. The Balaban J connectivity index is 1.61. The molecule has 0 fully saturated rings. The van der Waals surface area contributed by atoms with E-state index in [1.54, 1.807) is 48.8 Å². The smallest absolute Gasteiger partial charge is 0.272 e. The molecule has 168 valence electrons. The van der Waals surface area contributed by atoms with Crippen LogP contribution in [0, 0.1) is 0 Å². The molecule has 1 aliphatic rings. The molecule has 2 aromatic heterocycles. The Morgan fingerprint density at radius 2 is 1.91 bits per heavy atom. The van der Waals surface area contributed by atoms with Crippen LogP contribution in [-0.4, -0.2) is 31.0 Å². The molecule has 1 aliphatic heterocycles. The number of rotatable bonds is 4. The zero-order chi connectivity index (χ0) is 23.5. The molecule has 0 atom stereocenters. The molecule has 5 rings (SSSR count). The van der Waals surface area contributed by atoms with Gasteiger partial charge >= 0.3 is 0 Å². The van der Waals surface area contributed by atoms with Crippen molar-refractivity contribution in [2.75, 3.05) is 4.90 Å². The lowest BCUT2D eigenvalue weighted by atomic mass is 9.95. The highest BCUT2D eigenvalue weighted by Crippen LogP contribution is 2.37. The van der Waals surface area contributed by atoms with Gasteiger partial charge in [0, 0.05) is 30.1 Å². The molecule has 0 saturated heterocycles. The van der Waals surface area contributed by atoms with Gasteiger partial charge in [0.15, 0.2) is 0 Å². The molecule has 0 bridgehead atoms. The molecule has 0 radical (unpaired) electrons. The number of carbonyl (C=O) groups excluding carboxylic acids is 1. The van der Waals surface area contributed by atoms with E-state index in [2.05, 4.69) is 15.3 Å². The van der Waals surface area contributed by atoms with Crippen LogP contribution >= 0.6 is 0 Å². The molecular formula is C24H24N6O3. The third kappa shape index (κ3) is 3.33. The monoisotopic (exact) mass is 444 g/mol. The summed E-state index contributed by atoms with van der Waals surface area (Å²) in [5.41, 5.74) is 8.78. The summed E-state index contributed by atoms with van der Waals surface area (Å²) in [5.74, 6) is 0.495. The van der Waals surface area contributed by atoms with E-state index in [0.29, 0.717) is 40.0 Å². The molecule has 4 N–H and O–H groups in total. The van der Waals surface area contributed by atoms with Crippen molar-refractivity contribution in [1.29, 1.82) is 0 Å². The molecule has 0 spiro atoms. The first-order chi connectivity index (χ1) is 15.7. The zero-order valence-corrected chi connectivity index (χ0v) is 18.6. The van der Waals surface area contributed by atoms with Crippen molar-refractivity contribution in [3.8, 4) is 11.1 Å². The van der Waals surface area contributed by atoms with Crippen molar-refractivity contribution in [2.45, 2.75) is 32.5 Å². The third-order valence-corrected chi connectivity index (χ3v) is 6.16. The van der Waals surface area contributed by atoms with Crippen LogP contribution in [0.3, 0.4) is 0 Å². The van der Waals surface area contributed by atoms with Crippen LogP contribution in [0.25, 0.3) is 21.9 Å². The number of carbonyl (C=O) groups is 1. The molecule has 0 unspecified atom stereocenters. The summed E-state index contributed by atoms with van der Waals surface area (Å²) in [5, 5.41) is 22.5. The van der Waals surface area contributed by atoms with Gasteiger partial charge in [-0.05, 0) is 48.7 Å².